The molecule has 0 atom stereocenters. The Morgan fingerprint density at radius 2 is 1.91 bits per heavy atom. The first-order valence-corrected chi connectivity index (χ1v) is 9.64. The number of aromatic nitrogens is 1. The number of fused-ring (bicyclic) bond motifs is 1. The van der Waals surface area contributed by atoms with Gasteiger partial charge < -0.3 is 19.7 Å². The third-order valence-electron chi connectivity index (χ3n) is 5.12. The Morgan fingerprint density at radius 1 is 1.19 bits per heavy atom. The van der Waals surface area contributed by atoms with Crippen LogP contribution in [0.25, 0.3) is 10.9 Å². The van der Waals surface area contributed by atoms with Crippen molar-refractivity contribution in [3.63, 3.8) is 0 Å². The number of nitro benzene ring substituents is 1. The largest absolute Gasteiger partial charge is 0.465 e. The van der Waals surface area contributed by atoms with Crippen molar-refractivity contribution in [1.29, 1.82) is 0 Å². The minimum atomic E-state index is -0.897. The van der Waals surface area contributed by atoms with Crippen LogP contribution in [0.15, 0.2) is 36.5 Å². The molecule has 4 rings (SSSR count). The summed E-state index contributed by atoms with van der Waals surface area (Å²) in [5.74, 6) is -2.39. The number of halogens is 2. The smallest absolute Gasteiger partial charge is 0.345 e. The summed E-state index contributed by atoms with van der Waals surface area (Å²) in [6.45, 7) is 1.92. The number of nitrogens with zero attached hydrogens (tertiary/aromatic N) is 3. The molecule has 0 aliphatic carbocycles. The van der Waals surface area contributed by atoms with Gasteiger partial charge in [0.15, 0.2) is 0 Å². The number of rotatable bonds is 5. The summed E-state index contributed by atoms with van der Waals surface area (Å²) in [6.07, 6.45) is 1.26. The van der Waals surface area contributed by atoms with Gasteiger partial charge in [-0.2, -0.15) is 0 Å². The van der Waals surface area contributed by atoms with Crippen molar-refractivity contribution in [2.75, 3.05) is 43.6 Å². The number of nitrogens with one attached hydrogen (secondary N) is 1. The number of carbonyl (C=O) groups is 1. The Labute approximate surface area is 180 Å². The van der Waals surface area contributed by atoms with Crippen molar-refractivity contribution in [2.45, 2.75) is 0 Å². The van der Waals surface area contributed by atoms with Gasteiger partial charge in [-0.3, -0.25) is 15.1 Å². The number of anilines is 3. The van der Waals surface area contributed by atoms with Crippen LogP contribution in [0.3, 0.4) is 0 Å². The third kappa shape index (κ3) is 3.89. The second kappa shape index (κ2) is 8.71. The zero-order chi connectivity index (χ0) is 22.8. The summed E-state index contributed by atoms with van der Waals surface area (Å²) in [6, 6.07) is 6.13. The van der Waals surface area contributed by atoms with Crippen LogP contribution in [0.1, 0.15) is 10.4 Å². The molecule has 1 aliphatic rings. The fourth-order valence-electron chi connectivity index (χ4n) is 3.62. The molecular formula is C21H18F2N4O5. The molecule has 32 heavy (non-hydrogen) atoms. The molecule has 1 aromatic heterocycles. The monoisotopic (exact) mass is 444 g/mol. The molecule has 0 radical (unpaired) electrons. The lowest BCUT2D eigenvalue weighted by atomic mass is 10.1. The number of pyridine rings is 1. The van der Waals surface area contributed by atoms with Gasteiger partial charge in [0.05, 0.1) is 36.3 Å². The molecule has 2 aromatic carbocycles. The standard InChI is InChI=1S/C21H18F2N4O5/c1-31-21(28)13-10-12(26-6-8-32-9-7-26)11-17(20(13)27(29)30)25-16-4-5-24-19-15(23)3-2-14(22)18(16)19/h2-5,10-11H,6-9H2,1H3,(H,24,25). The molecule has 3 aromatic rings. The number of benzene rings is 2. The highest BCUT2D eigenvalue weighted by molar-refractivity contribution is 6.01. The lowest BCUT2D eigenvalue weighted by molar-refractivity contribution is -0.384. The summed E-state index contributed by atoms with van der Waals surface area (Å²) in [5, 5.41) is 14.5. The van der Waals surface area contributed by atoms with E-state index in [2.05, 4.69) is 10.3 Å². The third-order valence-corrected chi connectivity index (χ3v) is 5.12. The molecule has 1 fully saturated rings. The van der Waals surface area contributed by atoms with E-state index in [0.29, 0.717) is 32.0 Å². The first kappa shape index (κ1) is 21.4. The van der Waals surface area contributed by atoms with Crippen LogP contribution in [0.2, 0.25) is 0 Å². The van der Waals surface area contributed by atoms with Gasteiger partial charge in [0, 0.05) is 25.0 Å². The van der Waals surface area contributed by atoms with Crippen LogP contribution >= 0.6 is 0 Å². The number of methoxy groups -OCH3 is 1. The topological polar surface area (TPSA) is 107 Å². The van der Waals surface area contributed by atoms with E-state index in [4.69, 9.17) is 9.47 Å². The fourth-order valence-corrected chi connectivity index (χ4v) is 3.62. The highest BCUT2D eigenvalue weighted by atomic mass is 19.1. The van der Waals surface area contributed by atoms with E-state index >= 15 is 0 Å². The molecule has 2 heterocycles. The molecule has 1 N–H and O–H groups in total. The lowest BCUT2D eigenvalue weighted by Gasteiger charge is -2.29. The van der Waals surface area contributed by atoms with Crippen LogP contribution in [-0.4, -0.2) is 49.3 Å². The number of hydrogen-bond donors (Lipinski definition) is 1. The molecule has 0 spiro atoms. The van der Waals surface area contributed by atoms with E-state index in [0.717, 1.165) is 19.2 Å². The zero-order valence-electron chi connectivity index (χ0n) is 16.9. The van der Waals surface area contributed by atoms with E-state index < -0.39 is 28.2 Å². The van der Waals surface area contributed by atoms with Crippen LogP contribution in [0.4, 0.5) is 31.5 Å². The Morgan fingerprint density at radius 3 is 2.59 bits per heavy atom. The van der Waals surface area contributed by atoms with Gasteiger partial charge in [0.25, 0.3) is 0 Å². The summed E-state index contributed by atoms with van der Waals surface area (Å²) >= 11 is 0. The van der Waals surface area contributed by atoms with Crippen molar-refractivity contribution in [2.24, 2.45) is 0 Å². The second-order valence-corrected chi connectivity index (χ2v) is 6.97. The van der Waals surface area contributed by atoms with Crippen molar-refractivity contribution >= 4 is 39.6 Å². The summed E-state index contributed by atoms with van der Waals surface area (Å²) in [7, 11) is 1.12. The molecule has 9 nitrogen and oxygen atoms in total. The van der Waals surface area contributed by atoms with Crippen LogP contribution in [0, 0.1) is 21.7 Å². The zero-order valence-corrected chi connectivity index (χ0v) is 16.9. The van der Waals surface area contributed by atoms with Gasteiger partial charge in [-0.1, -0.05) is 0 Å². The second-order valence-electron chi connectivity index (χ2n) is 6.97. The minimum Gasteiger partial charge on any atom is -0.465 e. The van der Waals surface area contributed by atoms with E-state index in [-0.39, 0.29) is 27.8 Å². The average Bonchev–Trinajstić information content (AvgIpc) is 2.81. The molecule has 166 valence electrons. The predicted octanol–water partition coefficient (Wildman–Crippen LogP) is 3.79. The Kier molecular flexibility index (Phi) is 5.82. The Balaban J connectivity index is 1.91. The first-order valence-electron chi connectivity index (χ1n) is 9.64. The maximum absolute atomic E-state index is 14.5. The van der Waals surface area contributed by atoms with Crippen molar-refractivity contribution in [3.05, 3.63) is 63.8 Å². The number of hydrogen-bond acceptors (Lipinski definition) is 8. The lowest BCUT2D eigenvalue weighted by Crippen LogP contribution is -2.36. The Hall–Kier alpha value is -3.86. The maximum atomic E-state index is 14.5. The molecule has 1 saturated heterocycles. The number of nitro groups is 1. The van der Waals surface area contributed by atoms with E-state index in [1.165, 1.54) is 24.4 Å². The van der Waals surface area contributed by atoms with Crippen LogP contribution < -0.4 is 10.2 Å². The summed E-state index contributed by atoms with van der Waals surface area (Å²) in [5.41, 5.74) is -0.535. The van der Waals surface area contributed by atoms with Crippen molar-refractivity contribution in [1.82, 2.24) is 4.98 Å². The van der Waals surface area contributed by atoms with Gasteiger partial charge in [0.2, 0.25) is 0 Å². The number of ether oxygens (including phenoxy) is 2. The van der Waals surface area contributed by atoms with Crippen LogP contribution in [0.5, 0.6) is 0 Å². The maximum Gasteiger partial charge on any atom is 0.345 e. The van der Waals surface area contributed by atoms with Gasteiger partial charge in [0.1, 0.15) is 28.4 Å². The molecular weight excluding hydrogens is 426 g/mol. The molecule has 1 aliphatic heterocycles. The minimum absolute atomic E-state index is 0.0602. The quantitative estimate of drug-likeness (QED) is 0.360. The number of esters is 1. The highest BCUT2D eigenvalue weighted by Gasteiger charge is 2.29. The number of morpholine rings is 1. The van der Waals surface area contributed by atoms with Crippen LogP contribution in [-0.2, 0) is 9.47 Å². The molecule has 0 bridgehead atoms. The average molecular weight is 444 g/mol. The van der Waals surface area contributed by atoms with Crippen molar-refractivity contribution < 1.29 is 28.0 Å². The Bertz CT molecular complexity index is 1210. The van der Waals surface area contributed by atoms with Gasteiger partial charge in [-0.15, -0.1) is 0 Å². The van der Waals surface area contributed by atoms with E-state index in [9.17, 15) is 23.7 Å². The predicted molar refractivity (Wildman–Crippen MR) is 112 cm³/mol. The van der Waals surface area contributed by atoms with E-state index in [1.807, 2.05) is 4.90 Å². The van der Waals surface area contributed by atoms with Gasteiger partial charge in [-0.25, -0.2) is 13.6 Å². The van der Waals surface area contributed by atoms with Gasteiger partial charge >= 0.3 is 11.7 Å². The van der Waals surface area contributed by atoms with E-state index in [1.54, 1.807) is 0 Å². The number of carbonyl (C=O) groups excluding carboxylic acids is 1. The summed E-state index contributed by atoms with van der Waals surface area (Å²) < 4.78 is 38.8. The molecule has 0 unspecified atom stereocenters. The fraction of sp³-hybridized carbons (Fsp3) is 0.238. The SMILES string of the molecule is COC(=O)c1cc(N2CCOCC2)cc(Nc2ccnc3c(F)ccc(F)c23)c1[N+](=O)[O-]. The van der Waals surface area contributed by atoms with Crippen molar-refractivity contribution in [3.8, 4) is 0 Å². The molecule has 11 heteroatoms. The molecule has 0 amide bonds. The van der Waals surface area contributed by atoms with Gasteiger partial charge in [-0.05, 0) is 30.3 Å². The first-order chi connectivity index (χ1) is 15.4. The summed E-state index contributed by atoms with van der Waals surface area (Å²) in [4.78, 5) is 29.3. The highest BCUT2D eigenvalue weighted by Crippen LogP contribution is 2.38. The normalized spacial score (nSPS) is 13.8. The molecule has 0 saturated carbocycles.